The summed E-state index contributed by atoms with van der Waals surface area (Å²) >= 11 is 1.26. The van der Waals surface area contributed by atoms with Crippen molar-refractivity contribution >= 4 is 28.2 Å². The minimum Gasteiger partial charge on any atom is -0.505 e. The number of hydrogen-bond acceptors (Lipinski definition) is 6. The molecule has 0 aliphatic carbocycles. The maximum Gasteiger partial charge on any atom is 0.341 e. The second-order valence-corrected chi connectivity index (χ2v) is 5.40. The van der Waals surface area contributed by atoms with Crippen molar-refractivity contribution in [2.75, 3.05) is 11.9 Å². The molecule has 0 atom stereocenters. The summed E-state index contributed by atoms with van der Waals surface area (Å²) in [7, 11) is 0. The smallest absolute Gasteiger partial charge is 0.341 e. The molecule has 0 fully saturated rings. The SMILES string of the molecule is CCOC(=O)c1cc(C)sc1NC(=O)c1ncccc1O. The van der Waals surface area contributed by atoms with Crippen LogP contribution in [0.25, 0.3) is 0 Å². The zero-order valence-electron chi connectivity index (χ0n) is 11.5. The number of pyridine rings is 1. The number of thiophene rings is 1. The summed E-state index contributed by atoms with van der Waals surface area (Å²) in [6.07, 6.45) is 1.40. The van der Waals surface area contributed by atoms with Crippen LogP contribution >= 0.6 is 11.3 Å². The topological polar surface area (TPSA) is 88.5 Å². The predicted molar refractivity (Wildman–Crippen MR) is 78.9 cm³/mol. The molecule has 21 heavy (non-hydrogen) atoms. The highest BCUT2D eigenvalue weighted by atomic mass is 32.1. The average Bonchev–Trinajstić information content (AvgIpc) is 2.80. The third-order valence-corrected chi connectivity index (χ3v) is 3.55. The largest absolute Gasteiger partial charge is 0.505 e. The van der Waals surface area contributed by atoms with E-state index in [4.69, 9.17) is 4.74 Å². The molecule has 2 rings (SSSR count). The number of rotatable bonds is 4. The summed E-state index contributed by atoms with van der Waals surface area (Å²) in [5.74, 6) is -1.30. The molecule has 0 saturated carbocycles. The van der Waals surface area contributed by atoms with E-state index in [1.165, 1.54) is 29.7 Å². The lowest BCUT2D eigenvalue weighted by atomic mass is 10.2. The zero-order chi connectivity index (χ0) is 15.4. The zero-order valence-corrected chi connectivity index (χ0v) is 12.4. The molecular weight excluding hydrogens is 292 g/mol. The normalized spacial score (nSPS) is 10.2. The minimum atomic E-state index is -0.583. The first-order valence-electron chi connectivity index (χ1n) is 6.25. The molecule has 2 aromatic rings. The van der Waals surface area contributed by atoms with Crippen molar-refractivity contribution in [2.24, 2.45) is 0 Å². The molecular formula is C14H14N2O4S. The van der Waals surface area contributed by atoms with Crippen LogP contribution < -0.4 is 5.32 Å². The van der Waals surface area contributed by atoms with Crippen molar-refractivity contribution in [1.29, 1.82) is 0 Å². The van der Waals surface area contributed by atoms with E-state index in [-0.39, 0.29) is 18.1 Å². The quantitative estimate of drug-likeness (QED) is 0.848. The number of aromatic nitrogens is 1. The summed E-state index contributed by atoms with van der Waals surface area (Å²) in [6.45, 7) is 3.78. The third-order valence-electron chi connectivity index (χ3n) is 2.58. The predicted octanol–water partition coefficient (Wildman–Crippen LogP) is 2.59. The molecule has 0 aromatic carbocycles. The van der Waals surface area contributed by atoms with Gasteiger partial charge >= 0.3 is 5.97 Å². The molecule has 2 heterocycles. The Kier molecular flexibility index (Phi) is 4.54. The molecule has 1 amide bonds. The number of hydrogen-bond donors (Lipinski definition) is 2. The number of nitrogens with zero attached hydrogens (tertiary/aromatic N) is 1. The fraction of sp³-hybridized carbons (Fsp3) is 0.214. The molecule has 0 unspecified atom stereocenters. The van der Waals surface area contributed by atoms with Crippen LogP contribution in [0.5, 0.6) is 5.75 Å². The molecule has 0 aliphatic heterocycles. The molecule has 2 N–H and O–H groups in total. The van der Waals surface area contributed by atoms with Crippen molar-refractivity contribution in [3.8, 4) is 5.75 Å². The lowest BCUT2D eigenvalue weighted by molar-refractivity contribution is 0.0528. The van der Waals surface area contributed by atoms with Crippen LogP contribution in [0.4, 0.5) is 5.00 Å². The van der Waals surface area contributed by atoms with Gasteiger partial charge in [0, 0.05) is 11.1 Å². The number of nitrogens with one attached hydrogen (secondary N) is 1. The first-order valence-corrected chi connectivity index (χ1v) is 7.07. The number of esters is 1. The molecule has 0 aliphatic rings. The van der Waals surface area contributed by atoms with Gasteiger partial charge in [-0.2, -0.15) is 0 Å². The summed E-state index contributed by atoms with van der Waals surface area (Å²) in [5, 5.41) is 12.6. The van der Waals surface area contributed by atoms with Gasteiger partial charge in [-0.1, -0.05) is 0 Å². The Hall–Kier alpha value is -2.41. The van der Waals surface area contributed by atoms with Crippen LogP contribution in [0.3, 0.4) is 0 Å². The number of aryl methyl sites for hydroxylation is 1. The fourth-order valence-corrected chi connectivity index (χ4v) is 2.60. The van der Waals surface area contributed by atoms with Crippen LogP contribution in [0.1, 0.15) is 32.6 Å². The molecule has 0 spiro atoms. The highest BCUT2D eigenvalue weighted by Gasteiger charge is 2.20. The summed E-state index contributed by atoms with van der Waals surface area (Å²) in [4.78, 5) is 28.6. The van der Waals surface area contributed by atoms with Gasteiger partial charge in [0.15, 0.2) is 5.69 Å². The Balaban J connectivity index is 2.26. The number of aromatic hydroxyl groups is 1. The van der Waals surface area contributed by atoms with Crippen molar-refractivity contribution < 1.29 is 19.4 Å². The van der Waals surface area contributed by atoms with Crippen molar-refractivity contribution in [3.63, 3.8) is 0 Å². The first kappa shape index (κ1) is 15.0. The Morgan fingerprint density at radius 1 is 1.48 bits per heavy atom. The minimum absolute atomic E-state index is 0.0987. The molecule has 0 saturated heterocycles. The van der Waals surface area contributed by atoms with Gasteiger partial charge in [0.25, 0.3) is 5.91 Å². The summed E-state index contributed by atoms with van der Waals surface area (Å²) in [6, 6.07) is 4.54. The number of carbonyl (C=O) groups is 2. The molecule has 2 aromatic heterocycles. The summed E-state index contributed by atoms with van der Waals surface area (Å²) < 4.78 is 4.94. The Bertz CT molecular complexity index is 681. The number of anilines is 1. The van der Waals surface area contributed by atoms with Gasteiger partial charge in [-0.3, -0.25) is 4.79 Å². The standard InChI is InChI=1S/C14H14N2O4S/c1-3-20-14(19)9-7-8(2)21-13(9)16-12(18)11-10(17)5-4-6-15-11/h4-7,17H,3H2,1-2H3,(H,16,18). The van der Waals surface area contributed by atoms with Gasteiger partial charge in [0.1, 0.15) is 10.8 Å². The van der Waals surface area contributed by atoms with E-state index >= 15 is 0 Å². The lowest BCUT2D eigenvalue weighted by Crippen LogP contribution is -2.15. The van der Waals surface area contributed by atoms with Crippen LogP contribution in [0.15, 0.2) is 24.4 Å². The van der Waals surface area contributed by atoms with Crippen molar-refractivity contribution in [1.82, 2.24) is 4.98 Å². The van der Waals surface area contributed by atoms with E-state index in [1.54, 1.807) is 13.0 Å². The van der Waals surface area contributed by atoms with Crippen LogP contribution in [0, 0.1) is 6.92 Å². The van der Waals surface area contributed by atoms with Crippen LogP contribution in [-0.4, -0.2) is 28.6 Å². The van der Waals surface area contributed by atoms with E-state index in [1.807, 2.05) is 6.92 Å². The van der Waals surface area contributed by atoms with Gasteiger partial charge in [-0.25, -0.2) is 9.78 Å². The molecule has 0 radical (unpaired) electrons. The maximum atomic E-state index is 12.1. The van der Waals surface area contributed by atoms with Crippen LogP contribution in [-0.2, 0) is 4.74 Å². The first-order chi connectivity index (χ1) is 10.0. The maximum absolute atomic E-state index is 12.1. The Morgan fingerprint density at radius 2 is 2.24 bits per heavy atom. The van der Waals surface area contributed by atoms with E-state index in [0.29, 0.717) is 10.6 Å². The van der Waals surface area contributed by atoms with E-state index in [0.717, 1.165) is 4.88 Å². The van der Waals surface area contributed by atoms with Crippen LogP contribution in [0.2, 0.25) is 0 Å². The monoisotopic (exact) mass is 306 g/mol. The van der Waals surface area contributed by atoms with Crippen molar-refractivity contribution in [2.45, 2.75) is 13.8 Å². The molecule has 6 nitrogen and oxygen atoms in total. The second-order valence-electron chi connectivity index (χ2n) is 4.15. The highest BCUT2D eigenvalue weighted by Crippen LogP contribution is 2.29. The van der Waals surface area contributed by atoms with Crippen molar-refractivity contribution in [3.05, 3.63) is 40.5 Å². The molecule has 7 heteroatoms. The number of ether oxygens (including phenoxy) is 1. The van der Waals surface area contributed by atoms with E-state index in [2.05, 4.69) is 10.3 Å². The Labute approximate surface area is 125 Å². The molecule has 110 valence electrons. The second kappa shape index (κ2) is 6.36. The average molecular weight is 306 g/mol. The van der Waals surface area contributed by atoms with Gasteiger partial charge in [-0.05, 0) is 32.0 Å². The third kappa shape index (κ3) is 3.38. The van der Waals surface area contributed by atoms with Gasteiger partial charge in [-0.15, -0.1) is 11.3 Å². The molecule has 0 bridgehead atoms. The summed E-state index contributed by atoms with van der Waals surface area (Å²) in [5.41, 5.74) is 0.196. The fourth-order valence-electron chi connectivity index (χ4n) is 1.70. The number of amides is 1. The van der Waals surface area contributed by atoms with E-state index in [9.17, 15) is 14.7 Å². The van der Waals surface area contributed by atoms with E-state index < -0.39 is 11.9 Å². The highest BCUT2D eigenvalue weighted by molar-refractivity contribution is 7.16. The number of carbonyl (C=O) groups excluding carboxylic acids is 2. The van der Waals surface area contributed by atoms with Gasteiger partial charge < -0.3 is 15.2 Å². The Morgan fingerprint density at radius 3 is 2.90 bits per heavy atom. The lowest BCUT2D eigenvalue weighted by Gasteiger charge is -2.06. The van der Waals surface area contributed by atoms with Gasteiger partial charge in [0.05, 0.1) is 12.2 Å². The van der Waals surface area contributed by atoms with Gasteiger partial charge in [0.2, 0.25) is 0 Å².